The molecule has 1 aromatic heterocycles. The molecule has 19 heavy (non-hydrogen) atoms. The number of ketones is 1. The van der Waals surface area contributed by atoms with Gasteiger partial charge >= 0.3 is 0 Å². The third-order valence-corrected chi connectivity index (χ3v) is 3.64. The zero-order chi connectivity index (χ0) is 13.7. The minimum atomic E-state index is 0.107. The fraction of sp³-hybridized carbons (Fsp3) is 0.600. The molecule has 2 rings (SSSR count). The van der Waals surface area contributed by atoms with E-state index in [-0.39, 0.29) is 17.7 Å². The Bertz CT molecular complexity index is 425. The molecule has 1 aliphatic heterocycles. The van der Waals surface area contributed by atoms with Crippen LogP contribution in [0.5, 0.6) is 0 Å². The van der Waals surface area contributed by atoms with Crippen molar-refractivity contribution in [1.82, 2.24) is 4.90 Å². The number of likely N-dealkylation sites (tertiary alicyclic amines) is 1. The molecule has 0 radical (unpaired) electrons. The van der Waals surface area contributed by atoms with Crippen LogP contribution >= 0.6 is 0 Å². The molecule has 2 heterocycles. The quantitative estimate of drug-likeness (QED) is 0.820. The smallest absolute Gasteiger partial charge is 0.223 e. The predicted octanol–water partition coefficient (Wildman–Crippen LogP) is 2.57. The van der Waals surface area contributed by atoms with Gasteiger partial charge in [-0.1, -0.05) is 0 Å². The maximum atomic E-state index is 12.3. The number of furan rings is 1. The van der Waals surface area contributed by atoms with Gasteiger partial charge in [0, 0.05) is 31.8 Å². The monoisotopic (exact) mass is 263 g/mol. The predicted molar refractivity (Wildman–Crippen MR) is 71.7 cm³/mol. The lowest BCUT2D eigenvalue weighted by Crippen LogP contribution is -2.44. The Morgan fingerprint density at radius 2 is 2.26 bits per heavy atom. The largest absolute Gasteiger partial charge is 0.469 e. The number of hydrogen-bond donors (Lipinski definition) is 0. The van der Waals surface area contributed by atoms with Crippen molar-refractivity contribution in [2.45, 2.75) is 51.5 Å². The summed E-state index contributed by atoms with van der Waals surface area (Å²) in [6.07, 6.45) is 6.32. The van der Waals surface area contributed by atoms with Gasteiger partial charge in [0.1, 0.15) is 11.5 Å². The highest BCUT2D eigenvalue weighted by atomic mass is 16.3. The van der Waals surface area contributed by atoms with E-state index in [2.05, 4.69) is 0 Å². The van der Waals surface area contributed by atoms with Gasteiger partial charge in [0.15, 0.2) is 0 Å². The Morgan fingerprint density at radius 3 is 2.95 bits per heavy atom. The molecule has 1 atom stereocenters. The van der Waals surface area contributed by atoms with Crippen LogP contribution in [0.2, 0.25) is 0 Å². The van der Waals surface area contributed by atoms with Gasteiger partial charge in [-0.3, -0.25) is 9.59 Å². The molecule has 1 fully saturated rings. The topological polar surface area (TPSA) is 50.5 Å². The van der Waals surface area contributed by atoms with Crippen LogP contribution in [0.15, 0.2) is 22.8 Å². The number of piperidine rings is 1. The fourth-order valence-corrected chi connectivity index (χ4v) is 2.70. The average molecular weight is 263 g/mol. The third kappa shape index (κ3) is 3.94. The van der Waals surface area contributed by atoms with E-state index in [0.717, 1.165) is 31.6 Å². The number of amides is 1. The lowest BCUT2D eigenvalue weighted by atomic mass is 9.97. The molecule has 1 unspecified atom stereocenters. The summed E-state index contributed by atoms with van der Waals surface area (Å²) < 4.78 is 5.24. The normalized spacial score (nSPS) is 19.4. The van der Waals surface area contributed by atoms with Crippen molar-refractivity contribution in [2.24, 2.45) is 0 Å². The highest BCUT2D eigenvalue weighted by Crippen LogP contribution is 2.21. The summed E-state index contributed by atoms with van der Waals surface area (Å²) in [5.74, 6) is 1.14. The van der Waals surface area contributed by atoms with Crippen LogP contribution in [0.1, 0.15) is 44.8 Å². The van der Waals surface area contributed by atoms with Crippen molar-refractivity contribution in [3.8, 4) is 0 Å². The Kier molecular flexibility index (Phi) is 4.77. The molecule has 0 saturated carbocycles. The Hall–Kier alpha value is -1.58. The molecule has 0 aliphatic carbocycles. The number of carbonyl (C=O) groups is 2. The van der Waals surface area contributed by atoms with Crippen LogP contribution in [-0.2, 0) is 16.0 Å². The molecule has 1 aliphatic rings. The van der Waals surface area contributed by atoms with Crippen LogP contribution in [0.25, 0.3) is 0 Å². The number of Topliss-reactive ketones (excluding diaryl/α,β-unsaturated/α-hetero) is 1. The lowest BCUT2D eigenvalue weighted by molar-refractivity contribution is -0.135. The van der Waals surface area contributed by atoms with Crippen LogP contribution < -0.4 is 0 Å². The van der Waals surface area contributed by atoms with E-state index in [0.29, 0.717) is 19.3 Å². The van der Waals surface area contributed by atoms with Gasteiger partial charge in [0.2, 0.25) is 5.91 Å². The highest BCUT2D eigenvalue weighted by Gasteiger charge is 2.27. The van der Waals surface area contributed by atoms with E-state index in [1.165, 1.54) is 0 Å². The molecule has 1 aromatic rings. The van der Waals surface area contributed by atoms with E-state index in [4.69, 9.17) is 4.42 Å². The summed E-state index contributed by atoms with van der Waals surface area (Å²) in [6, 6.07) is 3.82. The molecule has 0 N–H and O–H groups in total. The first-order valence-corrected chi connectivity index (χ1v) is 6.98. The first-order valence-electron chi connectivity index (χ1n) is 6.98. The Labute approximate surface area is 113 Å². The molecule has 4 heteroatoms. The van der Waals surface area contributed by atoms with Gasteiger partial charge in [-0.2, -0.15) is 0 Å². The average Bonchev–Trinajstić information content (AvgIpc) is 2.89. The standard InChI is InChI=1S/C15H21NO3/c1-12(17)11-13-5-2-3-9-16(13)15(18)8-7-14-6-4-10-19-14/h4,6,10,13H,2-3,5,7-9,11H2,1H3. The Balaban J connectivity index is 1.89. The number of aryl methyl sites for hydroxylation is 1. The van der Waals surface area contributed by atoms with Crippen molar-refractivity contribution >= 4 is 11.7 Å². The van der Waals surface area contributed by atoms with Crippen LogP contribution in [-0.4, -0.2) is 29.2 Å². The highest BCUT2D eigenvalue weighted by molar-refractivity contribution is 5.79. The molecular weight excluding hydrogens is 242 g/mol. The van der Waals surface area contributed by atoms with Gasteiger partial charge in [0.25, 0.3) is 0 Å². The van der Waals surface area contributed by atoms with Crippen LogP contribution in [0.4, 0.5) is 0 Å². The zero-order valence-electron chi connectivity index (χ0n) is 11.4. The van der Waals surface area contributed by atoms with E-state index < -0.39 is 0 Å². The van der Waals surface area contributed by atoms with E-state index >= 15 is 0 Å². The summed E-state index contributed by atoms with van der Waals surface area (Å²) >= 11 is 0. The number of rotatable bonds is 5. The van der Waals surface area contributed by atoms with Crippen molar-refractivity contribution in [2.75, 3.05) is 6.54 Å². The molecule has 104 valence electrons. The summed E-state index contributed by atoms with van der Waals surface area (Å²) in [4.78, 5) is 25.4. The number of hydrogen-bond acceptors (Lipinski definition) is 3. The second-order valence-electron chi connectivity index (χ2n) is 5.22. The second-order valence-corrected chi connectivity index (χ2v) is 5.22. The van der Waals surface area contributed by atoms with Crippen LogP contribution in [0, 0.1) is 0 Å². The summed E-state index contributed by atoms with van der Waals surface area (Å²) in [5, 5.41) is 0. The van der Waals surface area contributed by atoms with Crippen molar-refractivity contribution < 1.29 is 14.0 Å². The molecule has 0 bridgehead atoms. The van der Waals surface area contributed by atoms with Gasteiger partial charge in [-0.25, -0.2) is 0 Å². The molecular formula is C15H21NO3. The summed E-state index contributed by atoms with van der Waals surface area (Å²) in [7, 11) is 0. The first-order chi connectivity index (χ1) is 9.16. The molecule has 1 amide bonds. The molecule has 0 aromatic carbocycles. The maximum Gasteiger partial charge on any atom is 0.223 e. The zero-order valence-corrected chi connectivity index (χ0v) is 11.4. The Morgan fingerprint density at radius 1 is 1.42 bits per heavy atom. The minimum absolute atomic E-state index is 0.107. The van der Waals surface area contributed by atoms with E-state index in [1.54, 1.807) is 13.2 Å². The maximum absolute atomic E-state index is 12.3. The van der Waals surface area contributed by atoms with E-state index in [1.807, 2.05) is 17.0 Å². The number of carbonyl (C=O) groups excluding carboxylic acids is 2. The van der Waals surface area contributed by atoms with Crippen LogP contribution in [0.3, 0.4) is 0 Å². The van der Waals surface area contributed by atoms with Gasteiger partial charge < -0.3 is 9.32 Å². The first kappa shape index (κ1) is 13.8. The van der Waals surface area contributed by atoms with E-state index in [9.17, 15) is 9.59 Å². The third-order valence-electron chi connectivity index (χ3n) is 3.64. The second kappa shape index (κ2) is 6.55. The molecule has 4 nitrogen and oxygen atoms in total. The lowest BCUT2D eigenvalue weighted by Gasteiger charge is -2.35. The minimum Gasteiger partial charge on any atom is -0.469 e. The number of nitrogens with zero attached hydrogens (tertiary/aromatic N) is 1. The summed E-state index contributed by atoms with van der Waals surface area (Å²) in [6.45, 7) is 2.38. The SMILES string of the molecule is CC(=O)CC1CCCCN1C(=O)CCc1ccco1. The van der Waals surface area contributed by atoms with Crippen molar-refractivity contribution in [1.29, 1.82) is 0 Å². The molecule has 0 spiro atoms. The van der Waals surface area contributed by atoms with Gasteiger partial charge in [0.05, 0.1) is 6.26 Å². The van der Waals surface area contributed by atoms with Crippen molar-refractivity contribution in [3.63, 3.8) is 0 Å². The van der Waals surface area contributed by atoms with Crippen molar-refractivity contribution in [3.05, 3.63) is 24.2 Å². The van der Waals surface area contributed by atoms with Gasteiger partial charge in [-0.15, -0.1) is 0 Å². The fourth-order valence-electron chi connectivity index (χ4n) is 2.70. The van der Waals surface area contributed by atoms with Gasteiger partial charge in [-0.05, 0) is 38.3 Å². The molecule has 1 saturated heterocycles. The summed E-state index contributed by atoms with van der Waals surface area (Å²) in [5.41, 5.74) is 0.